The maximum absolute atomic E-state index is 11.8. The first-order chi connectivity index (χ1) is 12.2. The van der Waals surface area contributed by atoms with E-state index in [2.05, 4.69) is 45.0 Å². The monoisotopic (exact) mass is 350 g/mol. The highest BCUT2D eigenvalue weighted by Gasteiger charge is 2.38. The summed E-state index contributed by atoms with van der Waals surface area (Å²) in [6, 6.07) is 16.0. The zero-order chi connectivity index (χ0) is 18.9. The standard InChI is InChI=1S/C23H26O3/c1-5-23(19-12-10-18(11-13-19)22(2,3)4)15-17(21(24)25)14-16-8-6-7-9-20(16)26-23/h6-14H,5,15H2,1-4H3,(H,24,25). The molecule has 0 saturated carbocycles. The Morgan fingerprint density at radius 2 is 1.77 bits per heavy atom. The van der Waals surface area contributed by atoms with Crippen LogP contribution in [0.3, 0.4) is 0 Å². The summed E-state index contributed by atoms with van der Waals surface area (Å²) in [6.07, 6.45) is 2.75. The van der Waals surface area contributed by atoms with Crippen LogP contribution in [0.25, 0.3) is 6.08 Å². The van der Waals surface area contributed by atoms with Crippen molar-refractivity contribution in [2.75, 3.05) is 0 Å². The highest BCUT2D eigenvalue weighted by molar-refractivity contribution is 5.93. The molecule has 1 atom stereocenters. The Balaban J connectivity index is 2.11. The van der Waals surface area contributed by atoms with Gasteiger partial charge in [0, 0.05) is 17.6 Å². The number of hydrogen-bond acceptors (Lipinski definition) is 2. The number of ether oxygens (including phenoxy) is 1. The van der Waals surface area contributed by atoms with Crippen LogP contribution in [0.15, 0.2) is 54.1 Å². The Morgan fingerprint density at radius 3 is 2.35 bits per heavy atom. The van der Waals surface area contributed by atoms with Gasteiger partial charge in [0.05, 0.1) is 0 Å². The van der Waals surface area contributed by atoms with Gasteiger partial charge in [-0.05, 0) is 35.1 Å². The fourth-order valence-electron chi connectivity index (χ4n) is 3.46. The summed E-state index contributed by atoms with van der Waals surface area (Å²) in [5.74, 6) is -0.167. The predicted molar refractivity (Wildman–Crippen MR) is 104 cm³/mol. The van der Waals surface area contributed by atoms with E-state index in [0.29, 0.717) is 18.4 Å². The van der Waals surface area contributed by atoms with Crippen LogP contribution in [0.2, 0.25) is 0 Å². The average molecular weight is 350 g/mol. The van der Waals surface area contributed by atoms with Gasteiger partial charge in [0.15, 0.2) is 0 Å². The molecular formula is C23H26O3. The van der Waals surface area contributed by atoms with E-state index in [0.717, 1.165) is 16.9 Å². The van der Waals surface area contributed by atoms with Crippen LogP contribution in [-0.2, 0) is 15.8 Å². The number of aliphatic carboxylic acids is 1. The van der Waals surface area contributed by atoms with Gasteiger partial charge < -0.3 is 9.84 Å². The van der Waals surface area contributed by atoms with Crippen molar-refractivity contribution in [1.82, 2.24) is 0 Å². The minimum absolute atomic E-state index is 0.0704. The van der Waals surface area contributed by atoms with E-state index in [1.54, 1.807) is 6.08 Å². The van der Waals surface area contributed by atoms with Gasteiger partial charge in [0.25, 0.3) is 0 Å². The van der Waals surface area contributed by atoms with Crippen LogP contribution in [-0.4, -0.2) is 11.1 Å². The van der Waals surface area contributed by atoms with Gasteiger partial charge in [0.2, 0.25) is 0 Å². The molecular weight excluding hydrogens is 324 g/mol. The normalized spacial score (nSPS) is 19.8. The summed E-state index contributed by atoms with van der Waals surface area (Å²) in [5, 5.41) is 9.69. The summed E-state index contributed by atoms with van der Waals surface area (Å²) < 4.78 is 6.47. The molecule has 136 valence electrons. The van der Waals surface area contributed by atoms with Crippen LogP contribution in [0.1, 0.15) is 57.2 Å². The molecule has 0 amide bonds. The quantitative estimate of drug-likeness (QED) is 0.790. The number of fused-ring (bicyclic) bond motifs is 1. The molecule has 0 bridgehead atoms. The maximum atomic E-state index is 11.8. The number of rotatable bonds is 3. The SMILES string of the molecule is CCC1(c2ccc(C(C)(C)C)cc2)CC(C(=O)O)=Cc2ccccc2O1. The van der Waals surface area contributed by atoms with E-state index in [1.807, 2.05) is 31.2 Å². The summed E-state index contributed by atoms with van der Waals surface area (Å²) in [5.41, 5.74) is 2.82. The molecule has 3 rings (SSSR count). The largest absolute Gasteiger partial charge is 0.482 e. The third kappa shape index (κ3) is 3.39. The van der Waals surface area contributed by atoms with Crippen molar-refractivity contribution in [3.8, 4) is 5.75 Å². The van der Waals surface area contributed by atoms with Crippen LogP contribution >= 0.6 is 0 Å². The molecule has 1 N–H and O–H groups in total. The van der Waals surface area contributed by atoms with Gasteiger partial charge in [-0.25, -0.2) is 4.79 Å². The van der Waals surface area contributed by atoms with Crippen molar-refractivity contribution in [1.29, 1.82) is 0 Å². The molecule has 1 aliphatic heterocycles. The maximum Gasteiger partial charge on any atom is 0.331 e. The lowest BCUT2D eigenvalue weighted by molar-refractivity contribution is -0.133. The van der Waals surface area contributed by atoms with Crippen LogP contribution < -0.4 is 4.74 Å². The minimum atomic E-state index is -0.894. The molecule has 1 unspecified atom stereocenters. The lowest BCUT2D eigenvalue weighted by Crippen LogP contribution is -2.33. The Bertz CT molecular complexity index is 841. The van der Waals surface area contributed by atoms with Gasteiger partial charge in [-0.1, -0.05) is 70.2 Å². The second-order valence-electron chi connectivity index (χ2n) is 7.97. The van der Waals surface area contributed by atoms with Gasteiger partial charge in [-0.3, -0.25) is 0 Å². The molecule has 0 radical (unpaired) electrons. The Morgan fingerprint density at radius 1 is 1.12 bits per heavy atom. The van der Waals surface area contributed by atoms with E-state index in [4.69, 9.17) is 4.74 Å². The smallest absolute Gasteiger partial charge is 0.331 e. The Hall–Kier alpha value is -2.55. The number of carboxylic acid groups (broad SMARTS) is 1. The van der Waals surface area contributed by atoms with Gasteiger partial charge in [-0.15, -0.1) is 0 Å². The Labute approximate surface area is 155 Å². The Kier molecular flexibility index (Phi) is 4.66. The molecule has 3 nitrogen and oxygen atoms in total. The summed E-state index contributed by atoms with van der Waals surface area (Å²) in [4.78, 5) is 11.8. The van der Waals surface area contributed by atoms with Crippen molar-refractivity contribution in [3.05, 3.63) is 70.8 Å². The zero-order valence-electron chi connectivity index (χ0n) is 15.9. The molecule has 1 aliphatic rings. The van der Waals surface area contributed by atoms with Gasteiger partial charge >= 0.3 is 5.97 Å². The number of para-hydroxylation sites is 1. The van der Waals surface area contributed by atoms with Crippen molar-refractivity contribution in [3.63, 3.8) is 0 Å². The zero-order valence-corrected chi connectivity index (χ0v) is 15.9. The summed E-state index contributed by atoms with van der Waals surface area (Å²) in [6.45, 7) is 8.59. The first-order valence-electron chi connectivity index (χ1n) is 9.08. The fourth-order valence-corrected chi connectivity index (χ4v) is 3.46. The molecule has 2 aromatic carbocycles. The fraction of sp³-hybridized carbons (Fsp3) is 0.348. The second-order valence-corrected chi connectivity index (χ2v) is 7.97. The van der Waals surface area contributed by atoms with Crippen molar-refractivity contribution in [2.24, 2.45) is 0 Å². The van der Waals surface area contributed by atoms with Crippen LogP contribution in [0, 0.1) is 0 Å². The molecule has 26 heavy (non-hydrogen) atoms. The molecule has 0 spiro atoms. The third-order valence-electron chi connectivity index (χ3n) is 5.15. The van der Waals surface area contributed by atoms with Gasteiger partial charge in [0.1, 0.15) is 11.4 Å². The van der Waals surface area contributed by atoms with E-state index >= 15 is 0 Å². The predicted octanol–water partition coefficient (Wildman–Crippen LogP) is 5.54. The van der Waals surface area contributed by atoms with E-state index in [1.165, 1.54) is 5.56 Å². The topological polar surface area (TPSA) is 46.5 Å². The van der Waals surface area contributed by atoms with E-state index in [-0.39, 0.29) is 5.41 Å². The number of benzene rings is 2. The molecule has 2 aromatic rings. The highest BCUT2D eigenvalue weighted by atomic mass is 16.5. The molecule has 0 aliphatic carbocycles. The summed E-state index contributed by atoms with van der Waals surface area (Å²) >= 11 is 0. The van der Waals surface area contributed by atoms with Crippen LogP contribution in [0.4, 0.5) is 0 Å². The van der Waals surface area contributed by atoms with E-state index < -0.39 is 11.6 Å². The highest BCUT2D eigenvalue weighted by Crippen LogP contribution is 2.42. The van der Waals surface area contributed by atoms with Crippen molar-refractivity contribution in [2.45, 2.75) is 51.6 Å². The molecule has 0 saturated heterocycles. The molecule has 3 heteroatoms. The number of carbonyl (C=O) groups is 1. The first-order valence-corrected chi connectivity index (χ1v) is 9.08. The number of hydrogen-bond donors (Lipinski definition) is 1. The average Bonchev–Trinajstić information content (AvgIpc) is 2.78. The van der Waals surface area contributed by atoms with E-state index in [9.17, 15) is 9.90 Å². The number of carboxylic acids is 1. The lowest BCUT2D eigenvalue weighted by Gasteiger charge is -2.34. The van der Waals surface area contributed by atoms with Crippen LogP contribution in [0.5, 0.6) is 5.75 Å². The minimum Gasteiger partial charge on any atom is -0.482 e. The summed E-state index contributed by atoms with van der Waals surface area (Å²) in [7, 11) is 0. The first kappa shape index (κ1) is 18.2. The molecule has 0 fully saturated rings. The van der Waals surface area contributed by atoms with Gasteiger partial charge in [-0.2, -0.15) is 0 Å². The third-order valence-corrected chi connectivity index (χ3v) is 5.15. The second kappa shape index (κ2) is 6.64. The molecule has 0 aromatic heterocycles. The molecule has 1 heterocycles. The lowest BCUT2D eigenvalue weighted by atomic mass is 9.81. The van der Waals surface area contributed by atoms with Crippen molar-refractivity contribution < 1.29 is 14.6 Å². The van der Waals surface area contributed by atoms with Crippen molar-refractivity contribution >= 4 is 12.0 Å².